The fourth-order valence-corrected chi connectivity index (χ4v) is 7.48. The van der Waals surface area contributed by atoms with E-state index in [1.54, 1.807) is 25.1 Å². The quantitative estimate of drug-likeness (QED) is 0.646. The molecular formula is C24H31N3O5S2. The number of hydrogen-bond donors (Lipinski definition) is 1. The number of aryl methyl sites for hydroxylation is 1. The van der Waals surface area contributed by atoms with Gasteiger partial charge in [-0.2, -0.15) is 8.61 Å². The summed E-state index contributed by atoms with van der Waals surface area (Å²) >= 11 is 0. The minimum absolute atomic E-state index is 0.101. The van der Waals surface area contributed by atoms with Crippen molar-refractivity contribution in [2.24, 2.45) is 0 Å². The molecule has 10 heteroatoms. The van der Waals surface area contributed by atoms with Crippen molar-refractivity contribution < 1.29 is 21.6 Å². The highest BCUT2D eigenvalue weighted by Crippen LogP contribution is 2.25. The Bertz CT molecular complexity index is 1240. The third-order valence-electron chi connectivity index (χ3n) is 6.47. The van der Waals surface area contributed by atoms with Crippen molar-refractivity contribution in [3.8, 4) is 0 Å². The number of nitrogens with one attached hydrogen (secondary N) is 1. The van der Waals surface area contributed by atoms with Crippen LogP contribution >= 0.6 is 0 Å². The highest BCUT2D eigenvalue weighted by Gasteiger charge is 2.28. The Kier molecular flexibility index (Phi) is 7.42. The Labute approximate surface area is 202 Å². The maximum Gasteiger partial charge on any atom is 0.255 e. The molecule has 0 saturated carbocycles. The van der Waals surface area contributed by atoms with Gasteiger partial charge in [0.25, 0.3) is 5.91 Å². The summed E-state index contributed by atoms with van der Waals surface area (Å²) in [4.78, 5) is 13.3. The first-order valence-electron chi connectivity index (χ1n) is 11.7. The second-order valence-electron chi connectivity index (χ2n) is 8.88. The van der Waals surface area contributed by atoms with Crippen LogP contribution in [0.4, 0.5) is 5.69 Å². The normalized spacial score (nSPS) is 18.5. The predicted octanol–water partition coefficient (Wildman–Crippen LogP) is 3.60. The SMILES string of the molecule is Cc1ccc(S(=O)(=O)N2CCCC2)cc1C(=O)Nc1ccc(S(=O)(=O)N2CCCCCC2)cc1. The molecular weight excluding hydrogens is 474 g/mol. The van der Waals surface area contributed by atoms with E-state index in [-0.39, 0.29) is 15.4 Å². The predicted molar refractivity (Wildman–Crippen MR) is 131 cm³/mol. The molecule has 2 saturated heterocycles. The van der Waals surface area contributed by atoms with Crippen molar-refractivity contribution in [2.45, 2.75) is 55.2 Å². The van der Waals surface area contributed by atoms with Gasteiger partial charge in [0.15, 0.2) is 0 Å². The molecule has 2 aliphatic rings. The molecule has 0 unspecified atom stereocenters. The summed E-state index contributed by atoms with van der Waals surface area (Å²) in [5.41, 5.74) is 1.35. The van der Waals surface area contributed by atoms with Gasteiger partial charge < -0.3 is 5.32 Å². The fraction of sp³-hybridized carbons (Fsp3) is 0.458. The Morgan fingerprint density at radius 3 is 1.74 bits per heavy atom. The smallest absolute Gasteiger partial charge is 0.255 e. The molecule has 0 aliphatic carbocycles. The highest BCUT2D eigenvalue weighted by atomic mass is 32.2. The average Bonchev–Trinajstić information content (AvgIpc) is 3.23. The zero-order valence-electron chi connectivity index (χ0n) is 19.4. The molecule has 0 bridgehead atoms. The Morgan fingerprint density at radius 2 is 1.18 bits per heavy atom. The summed E-state index contributed by atoms with van der Waals surface area (Å²) in [6.07, 6.45) is 5.47. The van der Waals surface area contributed by atoms with Crippen molar-refractivity contribution in [1.82, 2.24) is 8.61 Å². The summed E-state index contributed by atoms with van der Waals surface area (Å²) in [6.45, 7) is 3.78. The highest BCUT2D eigenvalue weighted by molar-refractivity contribution is 7.89. The van der Waals surface area contributed by atoms with Crippen LogP contribution in [0.3, 0.4) is 0 Å². The van der Waals surface area contributed by atoms with E-state index in [4.69, 9.17) is 0 Å². The van der Waals surface area contributed by atoms with E-state index in [0.717, 1.165) is 38.5 Å². The van der Waals surface area contributed by atoms with Gasteiger partial charge in [0.1, 0.15) is 0 Å². The van der Waals surface area contributed by atoms with E-state index in [9.17, 15) is 21.6 Å². The molecule has 1 N–H and O–H groups in total. The van der Waals surface area contributed by atoms with Crippen molar-refractivity contribution >= 4 is 31.6 Å². The fourth-order valence-electron chi connectivity index (χ4n) is 4.42. The molecule has 34 heavy (non-hydrogen) atoms. The molecule has 4 rings (SSSR count). The molecule has 2 aromatic rings. The zero-order chi connectivity index (χ0) is 24.3. The van der Waals surface area contributed by atoms with Crippen LogP contribution in [-0.4, -0.2) is 57.5 Å². The Balaban J connectivity index is 1.51. The number of benzene rings is 2. The number of carbonyl (C=O) groups excluding carboxylic acids is 1. The van der Waals surface area contributed by atoms with Crippen LogP contribution < -0.4 is 5.32 Å². The van der Waals surface area contributed by atoms with Crippen LogP contribution in [0.15, 0.2) is 52.3 Å². The Morgan fingerprint density at radius 1 is 0.706 bits per heavy atom. The van der Waals surface area contributed by atoms with Crippen LogP contribution in [0.5, 0.6) is 0 Å². The molecule has 8 nitrogen and oxygen atoms in total. The topological polar surface area (TPSA) is 104 Å². The van der Waals surface area contributed by atoms with Gasteiger partial charge in [-0.15, -0.1) is 0 Å². The van der Waals surface area contributed by atoms with Crippen LogP contribution in [0, 0.1) is 6.92 Å². The minimum atomic E-state index is -3.64. The van der Waals surface area contributed by atoms with Crippen LogP contribution in [0.2, 0.25) is 0 Å². The van der Waals surface area contributed by atoms with Gasteiger partial charge in [0.05, 0.1) is 9.79 Å². The minimum Gasteiger partial charge on any atom is -0.322 e. The van der Waals surface area contributed by atoms with Gasteiger partial charge >= 0.3 is 0 Å². The van der Waals surface area contributed by atoms with Crippen molar-refractivity contribution in [1.29, 1.82) is 0 Å². The molecule has 2 fully saturated rings. The number of carbonyl (C=O) groups is 1. The van der Waals surface area contributed by atoms with Gasteiger partial charge in [0, 0.05) is 37.4 Å². The number of amides is 1. The molecule has 184 valence electrons. The lowest BCUT2D eigenvalue weighted by Gasteiger charge is -2.20. The standard InChI is InChI=1S/C24H31N3O5S2/c1-19-8-11-22(34(31,32)27-16-6-7-17-27)18-23(19)24(28)25-20-9-12-21(13-10-20)33(29,30)26-14-4-2-3-5-15-26/h8-13,18H,2-7,14-17H2,1H3,(H,25,28). The van der Waals surface area contributed by atoms with Gasteiger partial charge in [-0.3, -0.25) is 4.79 Å². The second kappa shape index (κ2) is 10.2. The third kappa shape index (κ3) is 5.19. The van der Waals surface area contributed by atoms with E-state index in [0.29, 0.717) is 37.4 Å². The molecule has 2 heterocycles. The maximum atomic E-state index is 13.0. The first kappa shape index (κ1) is 24.8. The molecule has 0 aromatic heterocycles. The number of sulfonamides is 2. The zero-order valence-corrected chi connectivity index (χ0v) is 21.0. The first-order chi connectivity index (χ1) is 16.2. The molecule has 0 radical (unpaired) electrons. The lowest BCUT2D eigenvalue weighted by atomic mass is 10.1. The van der Waals surface area contributed by atoms with Crippen LogP contribution in [0.25, 0.3) is 0 Å². The third-order valence-corrected chi connectivity index (χ3v) is 10.3. The van der Waals surface area contributed by atoms with Crippen molar-refractivity contribution in [2.75, 3.05) is 31.5 Å². The van der Waals surface area contributed by atoms with E-state index in [1.807, 2.05) is 0 Å². The lowest BCUT2D eigenvalue weighted by molar-refractivity contribution is 0.102. The average molecular weight is 506 g/mol. The van der Waals surface area contributed by atoms with Crippen LogP contribution in [-0.2, 0) is 20.0 Å². The van der Waals surface area contributed by atoms with Gasteiger partial charge in [-0.1, -0.05) is 18.9 Å². The molecule has 2 aromatic carbocycles. The number of nitrogens with zero attached hydrogens (tertiary/aromatic N) is 2. The summed E-state index contributed by atoms with van der Waals surface area (Å²) in [6, 6.07) is 10.7. The Hall–Kier alpha value is -2.27. The monoisotopic (exact) mass is 505 g/mol. The molecule has 2 aliphatic heterocycles. The largest absolute Gasteiger partial charge is 0.322 e. The molecule has 1 amide bonds. The van der Waals surface area contributed by atoms with Crippen molar-refractivity contribution in [3.05, 3.63) is 53.6 Å². The van der Waals surface area contributed by atoms with E-state index in [2.05, 4.69) is 5.32 Å². The van der Waals surface area contributed by atoms with Crippen LogP contribution in [0.1, 0.15) is 54.4 Å². The van der Waals surface area contributed by atoms with Gasteiger partial charge in [0.2, 0.25) is 20.0 Å². The molecule has 0 spiro atoms. The number of rotatable bonds is 6. The van der Waals surface area contributed by atoms with E-state index >= 15 is 0 Å². The van der Waals surface area contributed by atoms with E-state index < -0.39 is 26.0 Å². The second-order valence-corrected chi connectivity index (χ2v) is 12.8. The summed E-state index contributed by atoms with van der Waals surface area (Å²) in [5, 5.41) is 2.76. The van der Waals surface area contributed by atoms with Gasteiger partial charge in [-0.25, -0.2) is 16.8 Å². The summed E-state index contributed by atoms with van der Waals surface area (Å²) in [5.74, 6) is -0.445. The number of hydrogen-bond acceptors (Lipinski definition) is 5. The summed E-state index contributed by atoms with van der Waals surface area (Å²) in [7, 11) is -7.21. The number of anilines is 1. The summed E-state index contributed by atoms with van der Waals surface area (Å²) < 4.78 is 54.7. The van der Waals surface area contributed by atoms with E-state index in [1.165, 1.54) is 32.9 Å². The lowest BCUT2D eigenvalue weighted by Crippen LogP contribution is -2.31. The maximum absolute atomic E-state index is 13.0. The van der Waals surface area contributed by atoms with Gasteiger partial charge in [-0.05, 0) is 74.6 Å². The molecule has 0 atom stereocenters. The first-order valence-corrected chi connectivity index (χ1v) is 14.6. The van der Waals surface area contributed by atoms with Crippen molar-refractivity contribution in [3.63, 3.8) is 0 Å².